The van der Waals surface area contributed by atoms with Gasteiger partial charge in [-0.25, -0.2) is 0 Å². The van der Waals surface area contributed by atoms with Crippen LogP contribution in [-0.4, -0.2) is 19.1 Å². The SMILES string of the molecule is CN(C)c1cc2cc[nH]c2cc1Cl. The lowest BCUT2D eigenvalue weighted by Crippen LogP contribution is -2.08. The first-order valence-electron chi connectivity index (χ1n) is 4.12. The van der Waals surface area contributed by atoms with Gasteiger partial charge in [0.25, 0.3) is 0 Å². The van der Waals surface area contributed by atoms with E-state index in [4.69, 9.17) is 11.6 Å². The molecule has 0 bridgehead atoms. The molecule has 1 N–H and O–H groups in total. The van der Waals surface area contributed by atoms with E-state index >= 15 is 0 Å². The summed E-state index contributed by atoms with van der Waals surface area (Å²) in [6, 6.07) is 6.07. The third kappa shape index (κ3) is 1.38. The maximum Gasteiger partial charge on any atom is 0.0660 e. The second kappa shape index (κ2) is 2.96. The average molecular weight is 195 g/mol. The molecule has 0 fully saturated rings. The van der Waals surface area contributed by atoms with Gasteiger partial charge in [-0.3, -0.25) is 0 Å². The minimum Gasteiger partial charge on any atom is -0.376 e. The Kier molecular flexibility index (Phi) is 1.93. The molecule has 0 amide bonds. The molecule has 0 aliphatic rings. The first kappa shape index (κ1) is 8.45. The molecule has 13 heavy (non-hydrogen) atoms. The van der Waals surface area contributed by atoms with E-state index in [-0.39, 0.29) is 0 Å². The Hall–Kier alpha value is -1.15. The van der Waals surface area contributed by atoms with Gasteiger partial charge in [0.05, 0.1) is 10.7 Å². The molecule has 0 saturated heterocycles. The highest BCUT2D eigenvalue weighted by molar-refractivity contribution is 6.34. The lowest BCUT2D eigenvalue weighted by Gasteiger charge is -2.14. The number of hydrogen-bond donors (Lipinski definition) is 1. The van der Waals surface area contributed by atoms with E-state index in [1.54, 1.807) is 0 Å². The molecule has 2 nitrogen and oxygen atoms in total. The smallest absolute Gasteiger partial charge is 0.0660 e. The van der Waals surface area contributed by atoms with E-state index in [0.29, 0.717) is 0 Å². The molecule has 0 unspecified atom stereocenters. The molecule has 0 spiro atoms. The Bertz CT molecular complexity index is 431. The molecule has 68 valence electrons. The van der Waals surface area contributed by atoms with Crippen molar-refractivity contribution in [2.45, 2.75) is 0 Å². The molecule has 1 aromatic heterocycles. The molecular weight excluding hydrogens is 184 g/mol. The summed E-state index contributed by atoms with van der Waals surface area (Å²) in [5.41, 5.74) is 2.13. The fraction of sp³-hybridized carbons (Fsp3) is 0.200. The largest absolute Gasteiger partial charge is 0.376 e. The maximum absolute atomic E-state index is 6.09. The number of aromatic amines is 1. The highest BCUT2D eigenvalue weighted by Gasteiger charge is 2.04. The highest BCUT2D eigenvalue weighted by Crippen LogP contribution is 2.28. The van der Waals surface area contributed by atoms with Gasteiger partial charge >= 0.3 is 0 Å². The summed E-state index contributed by atoms with van der Waals surface area (Å²) < 4.78 is 0. The number of H-pyrrole nitrogens is 1. The van der Waals surface area contributed by atoms with Crippen molar-refractivity contribution in [2.24, 2.45) is 0 Å². The predicted octanol–water partition coefficient (Wildman–Crippen LogP) is 2.89. The van der Waals surface area contributed by atoms with Crippen LogP contribution in [0.25, 0.3) is 10.9 Å². The molecule has 2 aromatic rings. The van der Waals surface area contributed by atoms with Gasteiger partial charge in [-0.1, -0.05) is 11.6 Å². The summed E-state index contributed by atoms with van der Waals surface area (Å²) in [7, 11) is 3.97. The van der Waals surface area contributed by atoms with E-state index in [1.807, 2.05) is 37.3 Å². The molecular formula is C10H11ClN2. The lowest BCUT2D eigenvalue weighted by molar-refractivity contribution is 1.14. The van der Waals surface area contributed by atoms with Crippen molar-refractivity contribution in [3.05, 3.63) is 29.4 Å². The highest BCUT2D eigenvalue weighted by atomic mass is 35.5. The van der Waals surface area contributed by atoms with Gasteiger partial charge in [-0.15, -0.1) is 0 Å². The van der Waals surface area contributed by atoms with E-state index in [0.717, 1.165) is 16.2 Å². The molecule has 2 rings (SSSR count). The molecule has 0 radical (unpaired) electrons. The van der Waals surface area contributed by atoms with Crippen LogP contribution in [0.2, 0.25) is 5.02 Å². The van der Waals surface area contributed by atoms with Crippen LogP contribution >= 0.6 is 11.6 Å². The normalized spacial score (nSPS) is 10.7. The van der Waals surface area contributed by atoms with Crippen molar-refractivity contribution in [2.75, 3.05) is 19.0 Å². The third-order valence-corrected chi connectivity index (χ3v) is 2.41. The molecule has 0 aliphatic heterocycles. The summed E-state index contributed by atoms with van der Waals surface area (Å²) >= 11 is 6.09. The molecule has 1 aromatic carbocycles. The quantitative estimate of drug-likeness (QED) is 0.740. The van der Waals surface area contributed by atoms with Gasteiger partial charge in [-0.2, -0.15) is 0 Å². The average Bonchev–Trinajstić information content (AvgIpc) is 2.48. The number of aromatic nitrogens is 1. The van der Waals surface area contributed by atoms with Crippen LogP contribution in [0.5, 0.6) is 0 Å². The van der Waals surface area contributed by atoms with Crippen molar-refractivity contribution in [1.29, 1.82) is 0 Å². The Morgan fingerprint density at radius 2 is 2.08 bits per heavy atom. The number of benzene rings is 1. The zero-order valence-electron chi connectivity index (χ0n) is 7.63. The fourth-order valence-corrected chi connectivity index (χ4v) is 1.74. The van der Waals surface area contributed by atoms with Gasteiger partial charge in [0.1, 0.15) is 0 Å². The number of rotatable bonds is 1. The monoisotopic (exact) mass is 194 g/mol. The second-order valence-electron chi connectivity index (χ2n) is 3.26. The van der Waals surface area contributed by atoms with E-state index in [1.165, 1.54) is 5.39 Å². The predicted molar refractivity (Wildman–Crippen MR) is 57.6 cm³/mol. The lowest BCUT2D eigenvalue weighted by atomic mass is 10.2. The van der Waals surface area contributed by atoms with Crippen molar-refractivity contribution in [3.63, 3.8) is 0 Å². The fourth-order valence-electron chi connectivity index (χ4n) is 1.40. The number of fused-ring (bicyclic) bond motifs is 1. The minimum absolute atomic E-state index is 0.778. The first-order chi connectivity index (χ1) is 6.18. The third-order valence-electron chi connectivity index (χ3n) is 2.10. The zero-order chi connectivity index (χ0) is 9.42. The summed E-state index contributed by atoms with van der Waals surface area (Å²) in [5.74, 6) is 0. The van der Waals surface area contributed by atoms with Crippen LogP contribution in [0, 0.1) is 0 Å². The van der Waals surface area contributed by atoms with Crippen molar-refractivity contribution >= 4 is 28.2 Å². The summed E-state index contributed by atoms with van der Waals surface area (Å²) in [5, 5.41) is 1.97. The molecule has 1 heterocycles. The van der Waals surface area contributed by atoms with Gasteiger partial charge in [0.15, 0.2) is 0 Å². The van der Waals surface area contributed by atoms with Gasteiger partial charge in [0.2, 0.25) is 0 Å². The van der Waals surface area contributed by atoms with Crippen LogP contribution in [0.4, 0.5) is 5.69 Å². The summed E-state index contributed by atoms with van der Waals surface area (Å²) in [6.07, 6.45) is 1.92. The van der Waals surface area contributed by atoms with E-state index in [9.17, 15) is 0 Å². The standard InChI is InChI=1S/C10H11ClN2/c1-13(2)10-5-7-3-4-12-9(7)6-8(10)11/h3-6,12H,1-2H3. The first-order valence-corrected chi connectivity index (χ1v) is 4.50. The Balaban J connectivity index is 2.69. The van der Waals surface area contributed by atoms with Crippen molar-refractivity contribution in [1.82, 2.24) is 4.98 Å². The van der Waals surface area contributed by atoms with Crippen LogP contribution in [0.1, 0.15) is 0 Å². The molecule has 3 heteroatoms. The molecule has 0 aliphatic carbocycles. The van der Waals surface area contributed by atoms with Gasteiger partial charge in [-0.05, 0) is 18.2 Å². The van der Waals surface area contributed by atoms with Crippen LogP contribution < -0.4 is 4.90 Å². The van der Waals surface area contributed by atoms with E-state index < -0.39 is 0 Å². The number of nitrogens with one attached hydrogen (secondary N) is 1. The zero-order valence-corrected chi connectivity index (χ0v) is 8.39. The topological polar surface area (TPSA) is 19.0 Å². The molecule has 0 atom stereocenters. The summed E-state index contributed by atoms with van der Waals surface area (Å²) in [4.78, 5) is 5.13. The minimum atomic E-state index is 0.778. The van der Waals surface area contributed by atoms with E-state index in [2.05, 4.69) is 11.1 Å². The maximum atomic E-state index is 6.09. The Morgan fingerprint density at radius 1 is 1.31 bits per heavy atom. The Labute approximate surface area is 82.1 Å². The van der Waals surface area contributed by atoms with Gasteiger partial charge < -0.3 is 9.88 Å². The van der Waals surface area contributed by atoms with Crippen LogP contribution in [0.15, 0.2) is 24.4 Å². The van der Waals surface area contributed by atoms with Crippen molar-refractivity contribution < 1.29 is 0 Å². The number of nitrogens with zero attached hydrogens (tertiary/aromatic N) is 1. The van der Waals surface area contributed by atoms with Crippen LogP contribution in [0.3, 0.4) is 0 Å². The number of halogens is 1. The molecule has 0 saturated carbocycles. The van der Waals surface area contributed by atoms with Gasteiger partial charge in [0, 0.05) is 31.2 Å². The number of hydrogen-bond acceptors (Lipinski definition) is 1. The van der Waals surface area contributed by atoms with Crippen molar-refractivity contribution in [3.8, 4) is 0 Å². The number of anilines is 1. The Morgan fingerprint density at radius 3 is 2.77 bits per heavy atom. The second-order valence-corrected chi connectivity index (χ2v) is 3.67. The summed E-state index contributed by atoms with van der Waals surface area (Å²) in [6.45, 7) is 0. The van der Waals surface area contributed by atoms with Crippen LogP contribution in [-0.2, 0) is 0 Å².